The predicted octanol–water partition coefficient (Wildman–Crippen LogP) is 10.5. The molecule has 0 amide bonds. The zero-order valence-corrected chi connectivity index (χ0v) is 37.2. The Labute approximate surface area is 289 Å². The van der Waals surface area contributed by atoms with Gasteiger partial charge in [0.25, 0.3) is 0 Å². The molecule has 2 rings (SSSR count). The minimum absolute atomic E-state index is 0.983. The number of rotatable bonds is 21. The van der Waals surface area contributed by atoms with Gasteiger partial charge in [0.05, 0.1) is 43.8 Å². The SMILES string of the molecule is C[CH2][Al]([O]c1c([Si](CC)(CC)CC)cccc1[Si](CC)(CC)CC)[O]c1c([Si](CC)(CC)CC)cccc1[Si](CC)(CC)CC. The van der Waals surface area contributed by atoms with Crippen molar-refractivity contribution in [2.24, 2.45) is 0 Å². The Morgan fingerprint density at radius 1 is 0.378 bits per heavy atom. The van der Waals surface area contributed by atoms with Crippen LogP contribution in [0.15, 0.2) is 36.4 Å². The van der Waals surface area contributed by atoms with E-state index in [0.717, 1.165) is 5.28 Å². The third-order valence-electron chi connectivity index (χ3n) is 13.3. The second kappa shape index (κ2) is 18.3. The summed E-state index contributed by atoms with van der Waals surface area (Å²) in [6, 6.07) is 30.1. The van der Waals surface area contributed by atoms with Crippen LogP contribution >= 0.6 is 0 Å². The highest BCUT2D eigenvalue weighted by atomic mass is 28.3. The lowest BCUT2D eigenvalue weighted by atomic mass is 10.3. The van der Waals surface area contributed by atoms with Gasteiger partial charge in [-0.05, 0) is 26.0 Å². The van der Waals surface area contributed by atoms with E-state index in [9.17, 15) is 0 Å². The summed E-state index contributed by atoms with van der Waals surface area (Å²) in [7, 11) is -6.79. The average molecular weight is 699 g/mol. The summed E-state index contributed by atoms with van der Waals surface area (Å²) in [5.74, 6) is 2.61. The molecule has 0 aliphatic carbocycles. The lowest BCUT2D eigenvalue weighted by Crippen LogP contribution is -2.56. The van der Waals surface area contributed by atoms with Gasteiger partial charge in [-0.15, -0.1) is 0 Å². The van der Waals surface area contributed by atoms with Crippen LogP contribution in [0, 0.1) is 0 Å². The van der Waals surface area contributed by atoms with Crippen LogP contribution in [-0.2, 0) is 0 Å². The highest BCUT2D eigenvalue weighted by molar-refractivity contribution is 6.97. The lowest BCUT2D eigenvalue weighted by molar-refractivity contribution is 0.429. The molecule has 0 aliphatic rings. The van der Waals surface area contributed by atoms with E-state index in [1.54, 1.807) is 20.7 Å². The number of para-hydroxylation sites is 2. The van der Waals surface area contributed by atoms with Crippen LogP contribution in [-0.4, -0.2) is 47.1 Å². The largest absolute Gasteiger partial charge is 0.856 e. The zero-order chi connectivity index (χ0) is 33.9. The summed E-state index contributed by atoms with van der Waals surface area (Å²) in [6.45, 7) is 31.7. The Morgan fingerprint density at radius 2 is 0.578 bits per heavy atom. The van der Waals surface area contributed by atoms with Gasteiger partial charge in [0.15, 0.2) is 0 Å². The monoisotopic (exact) mass is 698 g/mol. The van der Waals surface area contributed by atoms with E-state index in [2.05, 4.69) is 126 Å². The number of hydrogen-bond donors (Lipinski definition) is 0. The normalized spacial score (nSPS) is 12.8. The summed E-state index contributed by atoms with van der Waals surface area (Å²) < 4.78 is 15.2. The number of hydrogen-bond acceptors (Lipinski definition) is 2. The molecule has 7 heteroatoms. The molecule has 2 nitrogen and oxygen atoms in total. The second-order valence-corrected chi connectivity index (χ2v) is 36.8. The molecule has 2 aromatic rings. The first-order chi connectivity index (χ1) is 21.6. The van der Waals surface area contributed by atoms with Crippen LogP contribution in [0.5, 0.6) is 11.5 Å². The molecule has 2 aromatic carbocycles. The minimum Gasteiger partial charge on any atom is -0.612 e. The maximum atomic E-state index is 7.61. The van der Waals surface area contributed by atoms with Crippen molar-refractivity contribution in [1.29, 1.82) is 0 Å². The summed E-state index contributed by atoms with van der Waals surface area (Å²) in [4.78, 5) is 0. The van der Waals surface area contributed by atoms with Crippen molar-refractivity contribution in [1.82, 2.24) is 0 Å². The molecule has 0 spiro atoms. The van der Waals surface area contributed by atoms with E-state index >= 15 is 0 Å². The Kier molecular flexibility index (Phi) is 16.5. The summed E-state index contributed by atoms with van der Waals surface area (Å²) in [5, 5.41) is 7.38. The molecule has 0 fully saturated rings. The summed E-state index contributed by atoms with van der Waals surface area (Å²) in [6.07, 6.45) is 0. The van der Waals surface area contributed by atoms with E-state index in [0.29, 0.717) is 0 Å². The third-order valence-corrected chi connectivity index (χ3v) is 37.3. The number of benzene rings is 2. The van der Waals surface area contributed by atoms with Crippen molar-refractivity contribution in [2.75, 3.05) is 0 Å². The molecule has 0 bridgehead atoms. The van der Waals surface area contributed by atoms with Gasteiger partial charge >= 0.3 is 14.8 Å². The van der Waals surface area contributed by atoms with Crippen LogP contribution in [0.25, 0.3) is 0 Å². The maximum absolute atomic E-state index is 7.61. The smallest absolute Gasteiger partial charge is 0.612 e. The third kappa shape index (κ3) is 7.86. The van der Waals surface area contributed by atoms with Gasteiger partial charge in [-0.2, -0.15) is 0 Å². The van der Waals surface area contributed by atoms with Crippen molar-refractivity contribution >= 4 is 67.9 Å². The van der Waals surface area contributed by atoms with E-state index in [1.807, 2.05) is 0 Å². The molecule has 0 heterocycles. The topological polar surface area (TPSA) is 18.5 Å². The summed E-state index contributed by atoms with van der Waals surface area (Å²) >= 11 is -2.11. The van der Waals surface area contributed by atoms with Gasteiger partial charge < -0.3 is 7.58 Å². The standard InChI is InChI=1S/2C18H34OSi2.C2H5.Al/c2*1-7-20(8-2,9-3)16-14-13-15-17(18(16)19)21(10-4,11-5)12-6;1-2;/h2*13-15,19H,7-12H2,1-6H3;1H2,2H3;/q;;;+2/p-2. The Morgan fingerprint density at radius 3 is 0.733 bits per heavy atom. The first kappa shape index (κ1) is 40.6. The quantitative estimate of drug-likeness (QED) is 0.121. The molecule has 0 saturated heterocycles. The molecular formula is C38H71AlO2Si4. The van der Waals surface area contributed by atoms with Gasteiger partial charge in [0.2, 0.25) is 0 Å². The predicted molar refractivity (Wildman–Crippen MR) is 218 cm³/mol. The van der Waals surface area contributed by atoms with Crippen LogP contribution in [0.2, 0.25) is 77.8 Å². The second-order valence-electron chi connectivity index (χ2n) is 13.8. The molecule has 0 unspecified atom stereocenters. The molecule has 45 heavy (non-hydrogen) atoms. The fourth-order valence-corrected chi connectivity index (χ4v) is 25.9. The van der Waals surface area contributed by atoms with Crippen LogP contribution in [0.3, 0.4) is 0 Å². The Hall–Kier alpha value is -0.560. The van der Waals surface area contributed by atoms with Crippen molar-refractivity contribution in [3.63, 3.8) is 0 Å². The maximum Gasteiger partial charge on any atom is 0.856 e. The minimum atomic E-state index is -2.11. The van der Waals surface area contributed by atoms with Gasteiger partial charge in [-0.25, -0.2) is 0 Å². The van der Waals surface area contributed by atoms with E-state index in [-0.39, 0.29) is 0 Å². The Bertz CT molecular complexity index is 971. The van der Waals surface area contributed by atoms with Gasteiger partial charge in [-0.3, -0.25) is 0 Å². The van der Waals surface area contributed by atoms with E-state index < -0.39 is 47.1 Å². The summed E-state index contributed by atoms with van der Waals surface area (Å²) in [5.41, 5.74) is 0. The van der Waals surface area contributed by atoms with E-state index in [1.165, 1.54) is 84.0 Å². The van der Waals surface area contributed by atoms with Crippen molar-refractivity contribution in [3.8, 4) is 11.5 Å². The van der Waals surface area contributed by atoms with Crippen LogP contribution < -0.4 is 28.3 Å². The zero-order valence-electron chi connectivity index (χ0n) is 32.1. The molecular weight excluding hydrogens is 628 g/mol. The highest BCUT2D eigenvalue weighted by Crippen LogP contribution is 2.32. The lowest BCUT2D eigenvalue weighted by Gasteiger charge is -2.39. The van der Waals surface area contributed by atoms with E-state index in [4.69, 9.17) is 7.58 Å². The van der Waals surface area contributed by atoms with Gasteiger partial charge in [0, 0.05) is 0 Å². The van der Waals surface area contributed by atoms with Crippen molar-refractivity contribution in [2.45, 2.75) is 168 Å². The van der Waals surface area contributed by atoms with Crippen LogP contribution in [0.4, 0.5) is 0 Å². The Balaban J connectivity index is 2.95. The fourth-order valence-electron chi connectivity index (χ4n) is 8.74. The molecule has 0 atom stereocenters. The molecule has 0 N–H and O–H groups in total. The first-order valence-electron chi connectivity index (χ1n) is 19.2. The highest BCUT2D eigenvalue weighted by Gasteiger charge is 2.44. The van der Waals surface area contributed by atoms with Crippen LogP contribution in [0.1, 0.15) is 90.0 Å². The average Bonchev–Trinajstić information content (AvgIpc) is 3.10. The van der Waals surface area contributed by atoms with Gasteiger partial charge in [0.1, 0.15) is 0 Å². The molecule has 0 aliphatic heterocycles. The van der Waals surface area contributed by atoms with Crippen molar-refractivity contribution < 1.29 is 7.58 Å². The fraction of sp³-hybridized carbons (Fsp3) is 0.684. The molecule has 0 radical (unpaired) electrons. The molecule has 0 saturated carbocycles. The molecule has 254 valence electrons. The first-order valence-corrected chi connectivity index (χ1v) is 31.5. The molecule has 0 aromatic heterocycles. The van der Waals surface area contributed by atoms with Gasteiger partial charge in [-0.1, -0.05) is 199 Å². The van der Waals surface area contributed by atoms with Crippen molar-refractivity contribution in [3.05, 3.63) is 36.4 Å².